The van der Waals surface area contributed by atoms with Crippen molar-refractivity contribution < 1.29 is 18.3 Å². The predicted molar refractivity (Wildman–Crippen MR) is 196 cm³/mol. The first-order valence-corrected chi connectivity index (χ1v) is 23.4. The van der Waals surface area contributed by atoms with Crippen LogP contribution in [0.4, 0.5) is 0 Å². The van der Waals surface area contributed by atoms with Gasteiger partial charge in [-0.25, -0.2) is 0 Å². The Bertz CT molecular complexity index is 1860. The van der Waals surface area contributed by atoms with Crippen LogP contribution < -0.4 is 3.27 Å². The minimum absolute atomic E-state index is 0. The summed E-state index contributed by atoms with van der Waals surface area (Å²) in [6.07, 6.45) is 15.4. The molecule has 1 atom stereocenters. The summed E-state index contributed by atoms with van der Waals surface area (Å²) in [5, 5.41) is 0. The molecule has 44 heavy (non-hydrogen) atoms. The summed E-state index contributed by atoms with van der Waals surface area (Å²) in [4.78, 5) is 0. The van der Waals surface area contributed by atoms with Gasteiger partial charge in [0.25, 0.3) is 0 Å². The Labute approximate surface area is 278 Å². The van der Waals surface area contributed by atoms with E-state index in [9.17, 15) is 0 Å². The molecule has 7 rings (SSSR count). The third-order valence-electron chi connectivity index (χ3n) is 12.2. The standard InChI is InChI=1S/C27H29.C6H5.C5H5.C2H5.CH2.2ClH.Zr/c1-16-7-9-26(3,4)24-12-18-11-19-13-25-21(17(2)8-10-27(25,5)6)15-23(19)22(18)14-20(16)24;1-2-4-6-5-3-1;1-2-4-5-3-1;1-2;;;;/h7-9,12-15H,10-11H2,1-6H3;1-5H;1-3H,4H2;1H2,2H3;1H2;2*1H;. The number of hydrogen-bond acceptors (Lipinski definition) is 0. The van der Waals surface area contributed by atoms with Crippen LogP contribution in [0.25, 0.3) is 22.3 Å². The van der Waals surface area contributed by atoms with Crippen LogP contribution in [0.5, 0.6) is 0 Å². The molecule has 3 heteroatoms. The third-order valence-corrected chi connectivity index (χ3v) is 31.2. The van der Waals surface area contributed by atoms with Crippen LogP contribution in [0.1, 0.15) is 94.7 Å². The first kappa shape index (κ1) is 33.3. The molecule has 0 aliphatic heterocycles. The van der Waals surface area contributed by atoms with E-state index in [2.05, 4.69) is 133 Å². The van der Waals surface area contributed by atoms with Crippen LogP contribution in [0, 0.1) is 0 Å². The normalized spacial score (nSPS) is 20.5. The second-order valence-electron chi connectivity index (χ2n) is 15.1. The summed E-state index contributed by atoms with van der Waals surface area (Å²) in [5.41, 5.74) is 14.9. The van der Waals surface area contributed by atoms with E-state index in [1.54, 1.807) is 3.28 Å². The Balaban J connectivity index is 0.00000192. The maximum atomic E-state index is 5.52. The Morgan fingerprint density at radius 2 is 1.43 bits per heavy atom. The van der Waals surface area contributed by atoms with Gasteiger partial charge in [0.05, 0.1) is 0 Å². The van der Waals surface area contributed by atoms with Gasteiger partial charge in [-0.05, 0) is 0 Å². The van der Waals surface area contributed by atoms with Gasteiger partial charge in [-0.1, -0.05) is 0 Å². The summed E-state index contributed by atoms with van der Waals surface area (Å²) in [6.45, 7) is 17.0. The van der Waals surface area contributed by atoms with E-state index in [1.165, 1.54) is 58.9 Å². The van der Waals surface area contributed by atoms with Crippen molar-refractivity contribution in [2.45, 2.75) is 86.3 Å². The van der Waals surface area contributed by atoms with Gasteiger partial charge in [-0.15, -0.1) is 24.8 Å². The number of rotatable bonds is 4. The van der Waals surface area contributed by atoms with E-state index in [1.807, 2.05) is 0 Å². The molecular weight excluding hydrogens is 655 g/mol. The molecule has 3 aromatic rings. The van der Waals surface area contributed by atoms with Crippen molar-refractivity contribution in [3.8, 4) is 11.1 Å². The van der Waals surface area contributed by atoms with Crippen molar-refractivity contribution in [2.24, 2.45) is 0 Å². The van der Waals surface area contributed by atoms with Crippen molar-refractivity contribution in [3.63, 3.8) is 0 Å². The van der Waals surface area contributed by atoms with Crippen molar-refractivity contribution in [1.82, 2.24) is 0 Å². The zero-order chi connectivity index (χ0) is 29.7. The average Bonchev–Trinajstić information content (AvgIpc) is 3.65. The molecule has 230 valence electrons. The molecule has 0 nitrogen and oxygen atoms in total. The van der Waals surface area contributed by atoms with E-state index in [-0.39, 0.29) is 35.6 Å². The molecule has 0 N–H and O–H groups in total. The molecule has 0 saturated carbocycles. The number of halogens is 2. The van der Waals surface area contributed by atoms with Crippen LogP contribution in [0.3, 0.4) is 0 Å². The molecule has 3 aromatic carbocycles. The topological polar surface area (TPSA) is 0 Å². The van der Waals surface area contributed by atoms with Crippen molar-refractivity contribution in [2.75, 3.05) is 0 Å². The van der Waals surface area contributed by atoms with Gasteiger partial charge in [0.1, 0.15) is 0 Å². The first-order valence-electron chi connectivity index (χ1n) is 16.1. The van der Waals surface area contributed by atoms with E-state index >= 15 is 0 Å². The molecule has 4 aliphatic carbocycles. The summed E-state index contributed by atoms with van der Waals surface area (Å²) in [5.74, 6) is 0. The van der Waals surface area contributed by atoms with Crippen LogP contribution in [-0.4, -0.2) is 4.21 Å². The average molecular weight is 703 g/mol. The monoisotopic (exact) mass is 700 g/mol. The fraction of sp³-hybridized carbons (Fsp3) is 0.341. The quantitative estimate of drug-likeness (QED) is 0.199. The van der Waals surface area contributed by atoms with Crippen LogP contribution in [-0.2, 0) is 35.5 Å². The van der Waals surface area contributed by atoms with Gasteiger partial charge >= 0.3 is 256 Å². The number of benzene rings is 3. The molecule has 0 spiro atoms. The van der Waals surface area contributed by atoms with Gasteiger partial charge in [-0.3, -0.25) is 0 Å². The molecule has 0 aromatic heterocycles. The molecule has 1 unspecified atom stereocenters. The summed E-state index contributed by atoms with van der Waals surface area (Å²) < 4.78 is 10.3. The molecule has 0 saturated heterocycles. The molecule has 0 fully saturated rings. The molecule has 0 radical (unpaired) electrons. The summed E-state index contributed by atoms with van der Waals surface area (Å²) in [7, 11) is 0. The van der Waals surface area contributed by atoms with Crippen LogP contribution in [0.2, 0.25) is 7.75 Å². The van der Waals surface area contributed by atoms with Crippen LogP contribution in [0.15, 0.2) is 88.3 Å². The fourth-order valence-electron chi connectivity index (χ4n) is 9.43. The number of allylic oxidation sites excluding steroid dienone is 8. The van der Waals surface area contributed by atoms with Crippen molar-refractivity contribution in [3.05, 3.63) is 122 Å². The van der Waals surface area contributed by atoms with Crippen molar-refractivity contribution >= 4 is 43.4 Å². The van der Waals surface area contributed by atoms with Crippen LogP contribution >= 0.6 is 24.8 Å². The second-order valence-corrected chi connectivity index (χ2v) is 30.1. The van der Waals surface area contributed by atoms with Gasteiger partial charge in [0.2, 0.25) is 0 Å². The molecule has 0 bridgehead atoms. The van der Waals surface area contributed by atoms with Gasteiger partial charge in [0, 0.05) is 0 Å². The first-order chi connectivity index (χ1) is 19.9. The van der Waals surface area contributed by atoms with Gasteiger partial charge in [-0.2, -0.15) is 0 Å². The Morgan fingerprint density at radius 1 is 0.818 bits per heavy atom. The van der Waals surface area contributed by atoms with E-state index in [4.69, 9.17) is 4.21 Å². The SMILES string of the molecule is Cl.Cl.[CH2]=[Zr]([CH2]C)([C]1=CC=CC1)([c]1ccccc1)[CH]1C=C(C)c2cc3c(cc2C1(C)C)Cc1cc2c(cc1-3)C(C)=CCC2(C)C. The van der Waals surface area contributed by atoms with E-state index < -0.39 is 18.3 Å². The minimum atomic E-state index is -4.08. The molecule has 0 amide bonds. The van der Waals surface area contributed by atoms with Gasteiger partial charge in [0.15, 0.2) is 0 Å². The van der Waals surface area contributed by atoms with Crippen molar-refractivity contribution in [1.29, 1.82) is 0 Å². The Morgan fingerprint density at radius 3 is 2.02 bits per heavy atom. The maximum absolute atomic E-state index is 5.52. The summed E-state index contributed by atoms with van der Waals surface area (Å²) >= 11 is -4.08. The van der Waals surface area contributed by atoms with Gasteiger partial charge < -0.3 is 0 Å². The molecular formula is C41H48Cl2Zr. The van der Waals surface area contributed by atoms with E-state index in [0.29, 0.717) is 3.63 Å². The number of fused-ring (bicyclic) bond motifs is 5. The Hall–Kier alpha value is -2.05. The third kappa shape index (κ3) is 4.43. The zero-order valence-electron chi connectivity index (χ0n) is 27.5. The molecule has 4 aliphatic rings. The summed E-state index contributed by atoms with van der Waals surface area (Å²) in [6, 6.07) is 21.7. The Kier molecular flexibility index (Phi) is 8.36. The number of hydrogen-bond donors (Lipinski definition) is 0. The second kappa shape index (κ2) is 11.0. The predicted octanol–water partition coefficient (Wildman–Crippen LogP) is 11.4. The fourth-order valence-corrected chi connectivity index (χ4v) is 27.0. The molecule has 0 heterocycles. The zero-order valence-corrected chi connectivity index (χ0v) is 31.6. The van der Waals surface area contributed by atoms with E-state index in [0.717, 1.165) is 23.4 Å².